The molecule has 3 nitrogen and oxygen atoms in total. The monoisotopic (exact) mass is 236 g/mol. The fourth-order valence-corrected chi connectivity index (χ4v) is 2.07. The van der Waals surface area contributed by atoms with Gasteiger partial charge in [0.25, 0.3) is 0 Å². The molecule has 0 aliphatic carbocycles. The smallest absolute Gasteiger partial charge is 0.224 e. The Morgan fingerprint density at radius 3 is 3.00 bits per heavy atom. The van der Waals surface area contributed by atoms with Gasteiger partial charge in [0.05, 0.1) is 6.42 Å². The molecule has 1 atom stereocenters. The molecule has 2 N–H and O–H groups in total. The highest BCUT2D eigenvalue weighted by atomic mass is 19.1. The summed E-state index contributed by atoms with van der Waals surface area (Å²) in [7, 11) is 0. The zero-order valence-electron chi connectivity index (χ0n) is 9.71. The number of piperidine rings is 1. The van der Waals surface area contributed by atoms with Crippen LogP contribution in [0.15, 0.2) is 24.3 Å². The number of halogens is 1. The summed E-state index contributed by atoms with van der Waals surface area (Å²) in [5.74, 6) is -0.423. The maximum atomic E-state index is 13.3. The topological polar surface area (TPSA) is 41.1 Å². The predicted octanol–water partition coefficient (Wildman–Crippen LogP) is 1.24. The van der Waals surface area contributed by atoms with E-state index in [-0.39, 0.29) is 24.2 Å². The molecule has 92 valence electrons. The van der Waals surface area contributed by atoms with Crippen molar-refractivity contribution >= 4 is 5.91 Å². The minimum atomic E-state index is -0.315. The lowest BCUT2D eigenvalue weighted by molar-refractivity contribution is -0.121. The third kappa shape index (κ3) is 3.53. The molecule has 2 rings (SSSR count). The van der Waals surface area contributed by atoms with Gasteiger partial charge in [0.15, 0.2) is 0 Å². The number of carbonyl (C=O) groups excluding carboxylic acids is 1. The summed E-state index contributed by atoms with van der Waals surface area (Å²) in [5.41, 5.74) is 0.453. The second kappa shape index (κ2) is 5.77. The van der Waals surface area contributed by atoms with Crippen LogP contribution in [-0.4, -0.2) is 25.0 Å². The van der Waals surface area contributed by atoms with Crippen molar-refractivity contribution in [3.05, 3.63) is 35.6 Å². The van der Waals surface area contributed by atoms with Crippen molar-refractivity contribution in [1.82, 2.24) is 10.6 Å². The van der Waals surface area contributed by atoms with E-state index in [0.29, 0.717) is 5.56 Å². The molecule has 1 aliphatic heterocycles. The lowest BCUT2D eigenvalue weighted by atomic mass is 10.1. The number of carbonyl (C=O) groups is 1. The van der Waals surface area contributed by atoms with Crippen LogP contribution in [0.2, 0.25) is 0 Å². The number of hydrogen-bond acceptors (Lipinski definition) is 2. The molecule has 0 unspecified atom stereocenters. The van der Waals surface area contributed by atoms with Crippen LogP contribution in [0, 0.1) is 5.82 Å². The first-order valence-corrected chi connectivity index (χ1v) is 5.99. The van der Waals surface area contributed by atoms with Gasteiger partial charge in [-0.2, -0.15) is 0 Å². The highest BCUT2D eigenvalue weighted by molar-refractivity contribution is 5.78. The first kappa shape index (κ1) is 12.0. The van der Waals surface area contributed by atoms with Crippen LogP contribution in [-0.2, 0) is 11.2 Å². The molecule has 1 aromatic carbocycles. The Kier molecular flexibility index (Phi) is 4.09. The lowest BCUT2D eigenvalue weighted by Crippen LogP contribution is -2.46. The molecule has 1 fully saturated rings. The Morgan fingerprint density at radius 1 is 1.47 bits per heavy atom. The number of benzene rings is 1. The van der Waals surface area contributed by atoms with Crippen molar-refractivity contribution in [2.75, 3.05) is 13.1 Å². The van der Waals surface area contributed by atoms with Gasteiger partial charge in [-0.05, 0) is 31.0 Å². The normalized spacial score (nSPS) is 19.9. The second-order valence-electron chi connectivity index (χ2n) is 4.38. The zero-order chi connectivity index (χ0) is 12.1. The molecular weight excluding hydrogens is 219 g/mol. The summed E-state index contributed by atoms with van der Waals surface area (Å²) in [5, 5.41) is 6.15. The highest BCUT2D eigenvalue weighted by Gasteiger charge is 2.16. The number of rotatable bonds is 3. The third-order valence-electron chi connectivity index (χ3n) is 2.97. The fourth-order valence-electron chi connectivity index (χ4n) is 2.07. The van der Waals surface area contributed by atoms with Crippen molar-refractivity contribution in [3.8, 4) is 0 Å². The molecule has 0 bridgehead atoms. The van der Waals surface area contributed by atoms with E-state index >= 15 is 0 Å². The average Bonchev–Trinajstić information content (AvgIpc) is 2.33. The van der Waals surface area contributed by atoms with E-state index in [1.807, 2.05) is 0 Å². The van der Waals surface area contributed by atoms with Crippen molar-refractivity contribution in [2.24, 2.45) is 0 Å². The molecule has 1 aliphatic rings. The van der Waals surface area contributed by atoms with E-state index in [4.69, 9.17) is 0 Å². The quantitative estimate of drug-likeness (QED) is 0.829. The highest BCUT2D eigenvalue weighted by Crippen LogP contribution is 2.08. The molecule has 0 aromatic heterocycles. The standard InChI is InChI=1S/C13H17FN2O/c14-12-6-2-1-4-10(12)8-13(17)16-11-5-3-7-15-9-11/h1-2,4,6,11,15H,3,5,7-9H2,(H,16,17)/t11-/m1/s1. The Labute approximate surface area is 100 Å². The van der Waals surface area contributed by atoms with Crippen LogP contribution in [0.4, 0.5) is 4.39 Å². The molecule has 0 spiro atoms. The molecule has 1 amide bonds. The predicted molar refractivity (Wildman–Crippen MR) is 64.1 cm³/mol. The van der Waals surface area contributed by atoms with E-state index in [9.17, 15) is 9.18 Å². The summed E-state index contributed by atoms with van der Waals surface area (Å²) >= 11 is 0. The Morgan fingerprint density at radius 2 is 2.29 bits per heavy atom. The first-order chi connectivity index (χ1) is 8.25. The first-order valence-electron chi connectivity index (χ1n) is 5.99. The van der Waals surface area contributed by atoms with E-state index in [0.717, 1.165) is 25.9 Å². The van der Waals surface area contributed by atoms with Crippen LogP contribution in [0.5, 0.6) is 0 Å². The average molecular weight is 236 g/mol. The Hall–Kier alpha value is -1.42. The Bertz CT molecular complexity index is 389. The Balaban J connectivity index is 1.86. The molecule has 17 heavy (non-hydrogen) atoms. The van der Waals surface area contributed by atoms with Crippen LogP contribution in [0.3, 0.4) is 0 Å². The van der Waals surface area contributed by atoms with Gasteiger partial charge in [0.1, 0.15) is 5.82 Å². The van der Waals surface area contributed by atoms with Crippen LogP contribution >= 0.6 is 0 Å². The summed E-state index contributed by atoms with van der Waals surface area (Å²) in [6, 6.07) is 6.58. The van der Waals surface area contributed by atoms with E-state index < -0.39 is 0 Å². The SMILES string of the molecule is O=C(Cc1ccccc1F)N[C@@H]1CCCNC1. The van der Waals surface area contributed by atoms with E-state index in [2.05, 4.69) is 10.6 Å². The lowest BCUT2D eigenvalue weighted by Gasteiger charge is -2.23. The number of amides is 1. The molecule has 0 saturated carbocycles. The van der Waals surface area contributed by atoms with Crippen molar-refractivity contribution in [1.29, 1.82) is 0 Å². The summed E-state index contributed by atoms with van der Waals surface area (Å²) in [6.45, 7) is 1.82. The maximum Gasteiger partial charge on any atom is 0.224 e. The van der Waals surface area contributed by atoms with E-state index in [1.165, 1.54) is 6.07 Å². The molecule has 4 heteroatoms. The van der Waals surface area contributed by atoms with Gasteiger partial charge in [-0.15, -0.1) is 0 Å². The van der Waals surface area contributed by atoms with Crippen LogP contribution in [0.1, 0.15) is 18.4 Å². The number of nitrogens with one attached hydrogen (secondary N) is 2. The third-order valence-corrected chi connectivity index (χ3v) is 2.97. The molecular formula is C13H17FN2O. The number of hydrogen-bond donors (Lipinski definition) is 2. The summed E-state index contributed by atoms with van der Waals surface area (Å²) in [6.07, 6.45) is 2.18. The van der Waals surface area contributed by atoms with Gasteiger partial charge >= 0.3 is 0 Å². The molecule has 1 heterocycles. The van der Waals surface area contributed by atoms with Gasteiger partial charge < -0.3 is 10.6 Å². The second-order valence-corrected chi connectivity index (χ2v) is 4.38. The van der Waals surface area contributed by atoms with Crippen molar-refractivity contribution in [3.63, 3.8) is 0 Å². The fraction of sp³-hybridized carbons (Fsp3) is 0.462. The molecule has 0 radical (unpaired) electrons. The maximum absolute atomic E-state index is 13.3. The zero-order valence-corrected chi connectivity index (χ0v) is 9.71. The van der Waals surface area contributed by atoms with Gasteiger partial charge in [-0.25, -0.2) is 4.39 Å². The van der Waals surface area contributed by atoms with Crippen LogP contribution in [0.25, 0.3) is 0 Å². The van der Waals surface area contributed by atoms with Gasteiger partial charge in [-0.1, -0.05) is 18.2 Å². The van der Waals surface area contributed by atoms with Crippen molar-refractivity contribution < 1.29 is 9.18 Å². The van der Waals surface area contributed by atoms with Gasteiger partial charge in [0, 0.05) is 12.6 Å². The summed E-state index contributed by atoms with van der Waals surface area (Å²) < 4.78 is 13.3. The largest absolute Gasteiger partial charge is 0.352 e. The van der Waals surface area contributed by atoms with Gasteiger partial charge in [-0.3, -0.25) is 4.79 Å². The van der Waals surface area contributed by atoms with Crippen molar-refractivity contribution in [2.45, 2.75) is 25.3 Å². The minimum absolute atomic E-state index is 0.108. The minimum Gasteiger partial charge on any atom is -0.352 e. The molecule has 1 saturated heterocycles. The molecule has 1 aromatic rings. The summed E-state index contributed by atoms with van der Waals surface area (Å²) in [4.78, 5) is 11.7. The van der Waals surface area contributed by atoms with E-state index in [1.54, 1.807) is 18.2 Å². The van der Waals surface area contributed by atoms with Crippen LogP contribution < -0.4 is 10.6 Å². The van der Waals surface area contributed by atoms with Gasteiger partial charge in [0.2, 0.25) is 5.91 Å².